The van der Waals surface area contributed by atoms with Crippen LogP contribution in [-0.4, -0.2) is 20.9 Å². The summed E-state index contributed by atoms with van der Waals surface area (Å²) < 4.78 is 7.54. The third kappa shape index (κ3) is 1.95. The number of ether oxygens (including phenoxy) is 1. The zero-order chi connectivity index (χ0) is 12.7. The fraction of sp³-hybridized carbons (Fsp3) is 0.200. The molecule has 0 amide bonds. The summed E-state index contributed by atoms with van der Waals surface area (Å²) in [6, 6.07) is 12.0. The number of hydrogen-bond donors (Lipinski definition) is 0. The van der Waals surface area contributed by atoms with Gasteiger partial charge in [-0.1, -0.05) is 18.2 Å². The van der Waals surface area contributed by atoms with Gasteiger partial charge in [0.05, 0.1) is 23.6 Å². The highest BCUT2D eigenvalue weighted by Gasteiger charge is 2.23. The summed E-state index contributed by atoms with van der Waals surface area (Å²) in [5, 5.41) is 5.53. The Morgan fingerprint density at radius 3 is 2.74 bits per heavy atom. The summed E-state index contributed by atoms with van der Waals surface area (Å²) in [6.45, 7) is 0. The van der Waals surface area contributed by atoms with E-state index in [1.165, 1.54) is 0 Å². The number of benzene rings is 1. The van der Waals surface area contributed by atoms with Crippen LogP contribution in [0.1, 0.15) is 12.8 Å². The largest absolute Gasteiger partial charge is 0.474 e. The van der Waals surface area contributed by atoms with Gasteiger partial charge in [0.2, 0.25) is 5.88 Å². The first kappa shape index (κ1) is 10.6. The van der Waals surface area contributed by atoms with Crippen molar-refractivity contribution in [2.45, 2.75) is 18.9 Å². The van der Waals surface area contributed by atoms with Crippen molar-refractivity contribution in [1.82, 2.24) is 14.8 Å². The van der Waals surface area contributed by atoms with Crippen molar-refractivity contribution < 1.29 is 4.74 Å². The van der Waals surface area contributed by atoms with Crippen LogP contribution in [0.4, 0.5) is 0 Å². The van der Waals surface area contributed by atoms with Crippen LogP contribution in [-0.2, 0) is 0 Å². The minimum atomic E-state index is 0.379. The quantitative estimate of drug-likeness (QED) is 0.718. The standard InChI is InChI=1S/C15H13N3O/c1-2-4-14-11(3-1)9-17-18(14)12-5-8-15(16-10-12)19-13-6-7-13/h1-5,8-10,13H,6-7H2. The van der Waals surface area contributed by atoms with Gasteiger partial charge in [0.1, 0.15) is 6.10 Å². The molecule has 4 nitrogen and oxygen atoms in total. The van der Waals surface area contributed by atoms with Crippen LogP contribution in [0, 0.1) is 0 Å². The van der Waals surface area contributed by atoms with Crippen molar-refractivity contribution >= 4 is 10.9 Å². The number of para-hydroxylation sites is 1. The van der Waals surface area contributed by atoms with Crippen LogP contribution in [0.15, 0.2) is 48.8 Å². The van der Waals surface area contributed by atoms with E-state index in [0.717, 1.165) is 29.4 Å². The Labute approximate surface area is 110 Å². The van der Waals surface area contributed by atoms with Crippen molar-refractivity contribution in [3.63, 3.8) is 0 Å². The van der Waals surface area contributed by atoms with E-state index < -0.39 is 0 Å². The SMILES string of the molecule is c1ccc2c(c1)cnn2-c1ccc(OC2CC2)nc1. The van der Waals surface area contributed by atoms with E-state index in [2.05, 4.69) is 22.2 Å². The lowest BCUT2D eigenvalue weighted by atomic mass is 10.2. The second kappa shape index (κ2) is 4.09. The molecule has 94 valence electrons. The van der Waals surface area contributed by atoms with Gasteiger partial charge in [-0.15, -0.1) is 0 Å². The summed E-state index contributed by atoms with van der Waals surface area (Å²) in [6.07, 6.45) is 6.34. The number of pyridine rings is 1. The molecule has 4 rings (SSSR count). The van der Waals surface area contributed by atoms with Crippen molar-refractivity contribution in [1.29, 1.82) is 0 Å². The number of aromatic nitrogens is 3. The number of fused-ring (bicyclic) bond motifs is 1. The van der Waals surface area contributed by atoms with Gasteiger partial charge < -0.3 is 4.74 Å². The van der Waals surface area contributed by atoms with Crippen molar-refractivity contribution in [2.75, 3.05) is 0 Å². The molecule has 2 aromatic heterocycles. The lowest BCUT2D eigenvalue weighted by Crippen LogP contribution is -2.00. The Morgan fingerprint density at radius 2 is 1.95 bits per heavy atom. The van der Waals surface area contributed by atoms with E-state index in [-0.39, 0.29) is 0 Å². The normalized spacial score (nSPS) is 14.7. The highest BCUT2D eigenvalue weighted by molar-refractivity contribution is 5.79. The summed E-state index contributed by atoms with van der Waals surface area (Å²) >= 11 is 0. The second-order valence-electron chi connectivity index (χ2n) is 4.79. The molecule has 1 aromatic carbocycles. The maximum atomic E-state index is 5.64. The Bertz CT molecular complexity index is 714. The van der Waals surface area contributed by atoms with Gasteiger partial charge >= 0.3 is 0 Å². The zero-order valence-electron chi connectivity index (χ0n) is 10.4. The Morgan fingerprint density at radius 1 is 1.05 bits per heavy atom. The predicted octanol–water partition coefficient (Wildman–Crippen LogP) is 2.96. The van der Waals surface area contributed by atoms with E-state index in [1.54, 1.807) is 6.20 Å². The van der Waals surface area contributed by atoms with Crippen molar-refractivity contribution in [3.8, 4) is 11.6 Å². The average Bonchev–Trinajstić information content (AvgIpc) is 3.16. The summed E-state index contributed by atoms with van der Waals surface area (Å²) in [5.41, 5.74) is 2.03. The molecule has 0 N–H and O–H groups in total. The lowest BCUT2D eigenvalue weighted by Gasteiger charge is -2.05. The molecule has 0 radical (unpaired) electrons. The van der Waals surface area contributed by atoms with Crippen LogP contribution in [0.3, 0.4) is 0 Å². The minimum absolute atomic E-state index is 0.379. The minimum Gasteiger partial charge on any atom is -0.474 e. The van der Waals surface area contributed by atoms with Gasteiger partial charge in [0.15, 0.2) is 0 Å². The molecular formula is C15H13N3O. The lowest BCUT2D eigenvalue weighted by molar-refractivity contribution is 0.291. The second-order valence-corrected chi connectivity index (χ2v) is 4.79. The summed E-state index contributed by atoms with van der Waals surface area (Å²) in [5.74, 6) is 0.697. The molecule has 0 aliphatic heterocycles. The molecule has 0 saturated heterocycles. The predicted molar refractivity (Wildman–Crippen MR) is 72.5 cm³/mol. The molecule has 0 unspecified atom stereocenters. The van der Waals surface area contributed by atoms with Crippen LogP contribution in [0.25, 0.3) is 16.6 Å². The highest BCUT2D eigenvalue weighted by atomic mass is 16.5. The first-order valence-electron chi connectivity index (χ1n) is 6.46. The summed E-state index contributed by atoms with van der Waals surface area (Å²) in [7, 11) is 0. The smallest absolute Gasteiger partial charge is 0.213 e. The van der Waals surface area contributed by atoms with Gasteiger partial charge in [-0.25, -0.2) is 9.67 Å². The van der Waals surface area contributed by atoms with E-state index in [1.807, 2.05) is 35.1 Å². The van der Waals surface area contributed by atoms with Crippen LogP contribution in [0.2, 0.25) is 0 Å². The molecule has 1 aliphatic carbocycles. The average molecular weight is 251 g/mol. The van der Waals surface area contributed by atoms with Crippen molar-refractivity contribution in [3.05, 3.63) is 48.8 Å². The van der Waals surface area contributed by atoms with E-state index >= 15 is 0 Å². The molecule has 19 heavy (non-hydrogen) atoms. The molecule has 0 spiro atoms. The maximum Gasteiger partial charge on any atom is 0.213 e. The molecule has 2 heterocycles. The van der Waals surface area contributed by atoms with Gasteiger partial charge in [-0.05, 0) is 25.0 Å². The van der Waals surface area contributed by atoms with Crippen LogP contribution < -0.4 is 4.74 Å². The topological polar surface area (TPSA) is 39.9 Å². The molecule has 1 fully saturated rings. The Kier molecular flexibility index (Phi) is 2.27. The first-order chi connectivity index (χ1) is 9.40. The molecule has 1 saturated carbocycles. The van der Waals surface area contributed by atoms with E-state index in [0.29, 0.717) is 12.0 Å². The molecule has 4 heteroatoms. The van der Waals surface area contributed by atoms with E-state index in [9.17, 15) is 0 Å². The molecular weight excluding hydrogens is 238 g/mol. The van der Waals surface area contributed by atoms with Gasteiger partial charge in [-0.2, -0.15) is 5.10 Å². The van der Waals surface area contributed by atoms with Crippen molar-refractivity contribution in [2.24, 2.45) is 0 Å². The zero-order valence-corrected chi connectivity index (χ0v) is 10.4. The number of rotatable bonds is 3. The molecule has 0 atom stereocenters. The number of hydrogen-bond acceptors (Lipinski definition) is 3. The van der Waals surface area contributed by atoms with E-state index in [4.69, 9.17) is 4.74 Å². The third-order valence-corrected chi connectivity index (χ3v) is 3.25. The van der Waals surface area contributed by atoms with Gasteiger partial charge in [-0.3, -0.25) is 0 Å². The molecule has 0 bridgehead atoms. The van der Waals surface area contributed by atoms with Gasteiger partial charge in [0.25, 0.3) is 0 Å². The fourth-order valence-corrected chi connectivity index (χ4v) is 2.10. The summed E-state index contributed by atoms with van der Waals surface area (Å²) in [4.78, 5) is 4.34. The molecule has 1 aliphatic rings. The monoisotopic (exact) mass is 251 g/mol. The van der Waals surface area contributed by atoms with Crippen LogP contribution >= 0.6 is 0 Å². The Balaban J connectivity index is 1.70. The third-order valence-electron chi connectivity index (χ3n) is 3.25. The highest BCUT2D eigenvalue weighted by Crippen LogP contribution is 2.26. The molecule has 3 aromatic rings. The van der Waals surface area contributed by atoms with Gasteiger partial charge in [0, 0.05) is 11.5 Å². The number of nitrogens with zero attached hydrogens (tertiary/aromatic N) is 3. The Hall–Kier alpha value is -2.36. The van der Waals surface area contributed by atoms with Crippen LogP contribution in [0.5, 0.6) is 5.88 Å². The first-order valence-corrected chi connectivity index (χ1v) is 6.46. The maximum absolute atomic E-state index is 5.64. The fourth-order valence-electron chi connectivity index (χ4n) is 2.10.